The zero-order valence-corrected chi connectivity index (χ0v) is 23.2. The van der Waals surface area contributed by atoms with Crippen molar-refractivity contribution in [2.24, 2.45) is 11.8 Å². The van der Waals surface area contributed by atoms with E-state index in [1.54, 1.807) is 16.7 Å². The fourth-order valence-electron chi connectivity index (χ4n) is 6.60. The van der Waals surface area contributed by atoms with Crippen LogP contribution in [0.1, 0.15) is 45.1 Å². The van der Waals surface area contributed by atoms with E-state index in [4.69, 9.17) is 5.11 Å². The van der Waals surface area contributed by atoms with Gasteiger partial charge in [0.1, 0.15) is 6.04 Å². The van der Waals surface area contributed by atoms with Gasteiger partial charge in [0, 0.05) is 44.1 Å². The Hall–Kier alpha value is -2.58. The standard InChI is InChI=1S/C30H39N3O4S/c1-21(2)32-18-11-15-30-25(28(36)33(26(30)29(32)37)17-8-3-4-9-19-34)24-23(38-30)14-10-16-31(27(24)35)20-22-12-6-5-7-13-22/h5-7,10-15,21,23-26,34H,3-4,8-9,16-20H2,1-2H3/t23-,24+,25+,26?,30+/m1/s1. The van der Waals surface area contributed by atoms with Crippen molar-refractivity contribution in [1.29, 1.82) is 0 Å². The highest BCUT2D eigenvalue weighted by molar-refractivity contribution is 8.02. The first-order valence-electron chi connectivity index (χ1n) is 14.0. The van der Waals surface area contributed by atoms with Crippen molar-refractivity contribution in [3.63, 3.8) is 0 Å². The third kappa shape index (κ3) is 4.70. The number of nitrogens with zero attached hydrogens (tertiary/aromatic N) is 3. The second kappa shape index (κ2) is 11.3. The molecule has 1 aromatic carbocycles. The number of fused-ring (bicyclic) bond motifs is 2. The Balaban J connectivity index is 1.48. The van der Waals surface area contributed by atoms with Gasteiger partial charge in [-0.25, -0.2) is 0 Å². The summed E-state index contributed by atoms with van der Waals surface area (Å²) in [6, 6.07) is 9.36. The molecule has 0 bridgehead atoms. The van der Waals surface area contributed by atoms with Crippen molar-refractivity contribution in [2.45, 2.75) is 68.2 Å². The maximum Gasteiger partial charge on any atom is 0.247 e. The predicted octanol–water partition coefficient (Wildman–Crippen LogP) is 3.24. The van der Waals surface area contributed by atoms with Crippen LogP contribution >= 0.6 is 11.8 Å². The third-order valence-electron chi connectivity index (χ3n) is 8.42. The van der Waals surface area contributed by atoms with Crippen LogP contribution in [0.5, 0.6) is 0 Å². The number of likely N-dealkylation sites (tertiary alicyclic amines) is 1. The second-order valence-corrected chi connectivity index (χ2v) is 12.6. The largest absolute Gasteiger partial charge is 0.396 e. The van der Waals surface area contributed by atoms with Crippen molar-refractivity contribution in [3.05, 3.63) is 60.2 Å². The van der Waals surface area contributed by atoms with Crippen molar-refractivity contribution >= 4 is 29.5 Å². The minimum absolute atomic E-state index is 0.000866. The molecule has 4 heterocycles. The van der Waals surface area contributed by atoms with E-state index in [0.717, 1.165) is 31.2 Å². The van der Waals surface area contributed by atoms with Gasteiger partial charge in [-0.05, 0) is 32.3 Å². The number of amides is 3. The summed E-state index contributed by atoms with van der Waals surface area (Å²) in [4.78, 5) is 48.0. The molecular weight excluding hydrogens is 498 g/mol. The maximum absolute atomic E-state index is 14.3. The third-order valence-corrected chi connectivity index (χ3v) is 10.2. The number of thioether (sulfide) groups is 1. The Morgan fingerprint density at radius 1 is 0.974 bits per heavy atom. The molecular formula is C30H39N3O4S. The number of rotatable bonds is 9. The van der Waals surface area contributed by atoms with Gasteiger partial charge in [-0.1, -0.05) is 67.5 Å². The molecule has 1 aromatic rings. The summed E-state index contributed by atoms with van der Waals surface area (Å²) in [6.45, 7) is 6.21. The van der Waals surface area contributed by atoms with E-state index in [1.807, 2.05) is 60.1 Å². The lowest BCUT2D eigenvalue weighted by Crippen LogP contribution is -2.54. The van der Waals surface area contributed by atoms with Crippen molar-refractivity contribution in [1.82, 2.24) is 14.7 Å². The molecule has 8 heteroatoms. The first-order chi connectivity index (χ1) is 18.4. The zero-order valence-electron chi connectivity index (χ0n) is 22.4. The maximum atomic E-state index is 14.3. The van der Waals surface area contributed by atoms with Crippen LogP contribution in [-0.2, 0) is 20.9 Å². The number of benzene rings is 1. The van der Waals surface area contributed by atoms with Crippen LogP contribution in [0.15, 0.2) is 54.6 Å². The molecule has 0 radical (unpaired) electrons. The minimum Gasteiger partial charge on any atom is -0.396 e. The first-order valence-corrected chi connectivity index (χ1v) is 14.8. The highest BCUT2D eigenvalue weighted by atomic mass is 32.2. The zero-order chi connectivity index (χ0) is 26.9. The van der Waals surface area contributed by atoms with Crippen LogP contribution in [0, 0.1) is 11.8 Å². The molecule has 1 N–H and O–H groups in total. The Morgan fingerprint density at radius 3 is 2.47 bits per heavy atom. The second-order valence-electron chi connectivity index (χ2n) is 11.1. The van der Waals surface area contributed by atoms with Crippen LogP contribution in [0.2, 0.25) is 0 Å². The molecule has 38 heavy (non-hydrogen) atoms. The fourth-order valence-corrected chi connectivity index (χ4v) is 8.61. The van der Waals surface area contributed by atoms with Gasteiger partial charge >= 0.3 is 0 Å². The van der Waals surface area contributed by atoms with E-state index >= 15 is 0 Å². The van der Waals surface area contributed by atoms with Gasteiger partial charge in [0.15, 0.2) is 0 Å². The lowest BCUT2D eigenvalue weighted by Gasteiger charge is -2.36. The lowest BCUT2D eigenvalue weighted by molar-refractivity contribution is -0.145. The number of carbonyl (C=O) groups is 3. The molecule has 1 spiro atoms. The van der Waals surface area contributed by atoms with Gasteiger partial charge in [0.2, 0.25) is 17.7 Å². The number of unbranched alkanes of at least 4 members (excludes halogenated alkanes) is 3. The molecule has 5 rings (SSSR count). The van der Waals surface area contributed by atoms with Gasteiger partial charge in [0.25, 0.3) is 0 Å². The number of aliphatic hydroxyl groups is 1. The summed E-state index contributed by atoms with van der Waals surface area (Å²) < 4.78 is -0.756. The van der Waals surface area contributed by atoms with Gasteiger partial charge < -0.3 is 19.8 Å². The smallest absolute Gasteiger partial charge is 0.247 e. The highest BCUT2D eigenvalue weighted by Gasteiger charge is 2.70. The average molecular weight is 538 g/mol. The molecule has 4 aliphatic rings. The summed E-state index contributed by atoms with van der Waals surface area (Å²) in [5, 5.41) is 8.99. The molecule has 0 aromatic heterocycles. The molecule has 0 saturated carbocycles. The Labute approximate surface area is 229 Å². The summed E-state index contributed by atoms with van der Waals surface area (Å²) in [7, 11) is 0. The van der Waals surface area contributed by atoms with Crippen LogP contribution in [0.25, 0.3) is 0 Å². The van der Waals surface area contributed by atoms with E-state index in [0.29, 0.717) is 26.2 Å². The van der Waals surface area contributed by atoms with Gasteiger partial charge in [-0.2, -0.15) is 0 Å². The summed E-state index contributed by atoms with van der Waals surface area (Å²) in [6.07, 6.45) is 11.6. The van der Waals surface area contributed by atoms with E-state index < -0.39 is 22.6 Å². The molecule has 3 amide bonds. The molecule has 204 valence electrons. The number of hydrogen-bond donors (Lipinski definition) is 1. The SMILES string of the molecule is CC(C)N1CC=C[C@]23S[C@@H]4C=CCN(Cc5ccccc5)C(=O)[C@@H]4[C@H]2C(=O)N(CCCCCCO)C3C1=O. The quantitative estimate of drug-likeness (QED) is 0.386. The van der Waals surface area contributed by atoms with Crippen LogP contribution in [0.4, 0.5) is 0 Å². The van der Waals surface area contributed by atoms with Crippen molar-refractivity contribution in [2.75, 3.05) is 26.2 Å². The summed E-state index contributed by atoms with van der Waals surface area (Å²) in [5.41, 5.74) is 1.06. The molecule has 7 nitrogen and oxygen atoms in total. The van der Waals surface area contributed by atoms with Crippen LogP contribution < -0.4 is 0 Å². The number of aliphatic hydroxyl groups excluding tert-OH is 1. The number of carbonyl (C=O) groups excluding carboxylic acids is 3. The summed E-state index contributed by atoms with van der Waals surface area (Å²) in [5.74, 6) is -1.15. The van der Waals surface area contributed by atoms with Gasteiger partial charge in [-0.3, -0.25) is 14.4 Å². The Bertz CT molecular complexity index is 1110. The molecule has 2 saturated heterocycles. The summed E-state index contributed by atoms with van der Waals surface area (Å²) >= 11 is 1.64. The molecule has 2 fully saturated rings. The molecule has 1 unspecified atom stereocenters. The van der Waals surface area contributed by atoms with E-state index in [-0.39, 0.29) is 35.6 Å². The van der Waals surface area contributed by atoms with E-state index in [9.17, 15) is 14.4 Å². The van der Waals surface area contributed by atoms with Crippen molar-refractivity contribution in [3.8, 4) is 0 Å². The van der Waals surface area contributed by atoms with E-state index in [1.165, 1.54) is 0 Å². The molecule has 5 atom stereocenters. The lowest BCUT2D eigenvalue weighted by atomic mass is 9.78. The van der Waals surface area contributed by atoms with Gasteiger partial charge in [-0.15, -0.1) is 11.8 Å². The number of hydrogen-bond acceptors (Lipinski definition) is 5. The normalized spacial score (nSPS) is 30.5. The van der Waals surface area contributed by atoms with Crippen LogP contribution in [-0.4, -0.2) is 85.8 Å². The predicted molar refractivity (Wildman–Crippen MR) is 149 cm³/mol. The topological polar surface area (TPSA) is 81.2 Å². The molecule has 4 aliphatic heterocycles. The van der Waals surface area contributed by atoms with Crippen molar-refractivity contribution < 1.29 is 19.5 Å². The highest BCUT2D eigenvalue weighted by Crippen LogP contribution is 2.61. The minimum atomic E-state index is -0.756. The Morgan fingerprint density at radius 2 is 1.74 bits per heavy atom. The van der Waals surface area contributed by atoms with E-state index in [2.05, 4.69) is 18.2 Å². The first kappa shape index (κ1) is 27.0. The van der Waals surface area contributed by atoms with Crippen LogP contribution in [0.3, 0.4) is 0 Å². The fraction of sp³-hybridized carbons (Fsp3) is 0.567. The van der Waals surface area contributed by atoms with Gasteiger partial charge in [0.05, 0.1) is 16.6 Å². The Kier molecular flexibility index (Phi) is 8.00. The monoisotopic (exact) mass is 537 g/mol. The average Bonchev–Trinajstić information content (AvgIpc) is 3.21. The molecule has 0 aliphatic carbocycles.